The van der Waals surface area contributed by atoms with E-state index in [0.29, 0.717) is 5.92 Å². The molecular formula is C20H25N3. The number of benzene rings is 1. The van der Waals surface area contributed by atoms with E-state index in [1.54, 1.807) is 0 Å². The summed E-state index contributed by atoms with van der Waals surface area (Å²) in [4.78, 5) is 7.14. The number of imidazole rings is 1. The monoisotopic (exact) mass is 307 g/mol. The van der Waals surface area contributed by atoms with Crippen LogP contribution in [-0.4, -0.2) is 28.4 Å². The second-order valence-electron chi connectivity index (χ2n) is 6.81. The highest BCUT2D eigenvalue weighted by molar-refractivity contribution is 5.68. The molecule has 0 aliphatic rings. The fourth-order valence-electron chi connectivity index (χ4n) is 2.96. The second-order valence-corrected chi connectivity index (χ2v) is 6.81. The van der Waals surface area contributed by atoms with Crippen molar-refractivity contribution in [1.29, 1.82) is 0 Å². The van der Waals surface area contributed by atoms with Gasteiger partial charge in [-0.3, -0.25) is 0 Å². The third-order valence-corrected chi connectivity index (χ3v) is 4.26. The van der Waals surface area contributed by atoms with Crippen LogP contribution in [0.5, 0.6) is 0 Å². The molecule has 0 bridgehead atoms. The summed E-state index contributed by atoms with van der Waals surface area (Å²) >= 11 is 0. The predicted molar refractivity (Wildman–Crippen MR) is 96.8 cm³/mol. The van der Waals surface area contributed by atoms with Crippen molar-refractivity contribution >= 4 is 5.65 Å². The van der Waals surface area contributed by atoms with Crippen LogP contribution in [0.15, 0.2) is 42.6 Å². The average molecular weight is 307 g/mol. The number of nitrogens with zero attached hydrogens (tertiary/aromatic N) is 3. The van der Waals surface area contributed by atoms with Crippen molar-refractivity contribution in [2.75, 3.05) is 14.1 Å². The van der Waals surface area contributed by atoms with Gasteiger partial charge in [0.25, 0.3) is 0 Å². The summed E-state index contributed by atoms with van der Waals surface area (Å²) < 4.78 is 2.22. The van der Waals surface area contributed by atoms with Crippen LogP contribution in [0.2, 0.25) is 0 Å². The lowest BCUT2D eigenvalue weighted by Crippen LogP contribution is -2.13. The van der Waals surface area contributed by atoms with Crippen LogP contribution < -0.4 is 0 Å². The molecule has 0 N–H and O–H groups in total. The summed E-state index contributed by atoms with van der Waals surface area (Å²) in [6.45, 7) is 7.43. The topological polar surface area (TPSA) is 20.5 Å². The Morgan fingerprint density at radius 3 is 2.39 bits per heavy atom. The number of rotatable bonds is 4. The minimum absolute atomic E-state index is 0.550. The molecule has 0 spiro atoms. The van der Waals surface area contributed by atoms with Crippen LogP contribution >= 0.6 is 0 Å². The van der Waals surface area contributed by atoms with Crippen LogP contribution in [0.4, 0.5) is 0 Å². The van der Waals surface area contributed by atoms with Crippen molar-refractivity contribution in [1.82, 2.24) is 14.3 Å². The average Bonchev–Trinajstić information content (AvgIpc) is 2.87. The molecule has 0 atom stereocenters. The van der Waals surface area contributed by atoms with E-state index in [0.717, 1.165) is 17.9 Å². The Hall–Kier alpha value is -2.13. The van der Waals surface area contributed by atoms with E-state index in [-0.39, 0.29) is 0 Å². The number of fused-ring (bicyclic) bond motifs is 1. The van der Waals surface area contributed by atoms with E-state index >= 15 is 0 Å². The Labute approximate surface area is 138 Å². The summed E-state index contributed by atoms with van der Waals surface area (Å²) in [5.41, 5.74) is 7.14. The maximum Gasteiger partial charge on any atom is 0.140 e. The van der Waals surface area contributed by atoms with Crippen molar-refractivity contribution in [3.63, 3.8) is 0 Å². The zero-order valence-electron chi connectivity index (χ0n) is 14.7. The van der Waals surface area contributed by atoms with Gasteiger partial charge in [0.1, 0.15) is 5.65 Å². The van der Waals surface area contributed by atoms with Crippen molar-refractivity contribution < 1.29 is 0 Å². The van der Waals surface area contributed by atoms with Gasteiger partial charge < -0.3 is 9.30 Å². The second kappa shape index (κ2) is 6.17. The van der Waals surface area contributed by atoms with E-state index in [1.807, 2.05) is 0 Å². The highest BCUT2D eigenvalue weighted by Gasteiger charge is 2.15. The molecule has 2 aromatic heterocycles. The molecule has 0 radical (unpaired) electrons. The number of aromatic nitrogens is 2. The molecule has 0 fully saturated rings. The van der Waals surface area contributed by atoms with E-state index < -0.39 is 0 Å². The molecule has 0 aliphatic carbocycles. The largest absolute Gasteiger partial charge is 0.304 e. The number of aryl methyl sites for hydroxylation is 1. The zero-order chi connectivity index (χ0) is 16.6. The van der Waals surface area contributed by atoms with Crippen molar-refractivity contribution in [3.05, 3.63) is 59.4 Å². The zero-order valence-corrected chi connectivity index (χ0v) is 14.7. The van der Waals surface area contributed by atoms with Gasteiger partial charge in [0.2, 0.25) is 0 Å². The first kappa shape index (κ1) is 15.8. The van der Waals surface area contributed by atoms with E-state index in [1.165, 1.54) is 22.4 Å². The molecule has 2 heterocycles. The normalized spacial score (nSPS) is 11.8. The fourth-order valence-corrected chi connectivity index (χ4v) is 2.96. The van der Waals surface area contributed by atoms with Gasteiger partial charge >= 0.3 is 0 Å². The van der Waals surface area contributed by atoms with E-state index in [2.05, 4.69) is 86.8 Å². The lowest BCUT2D eigenvalue weighted by atomic mass is 10.0. The molecule has 23 heavy (non-hydrogen) atoms. The SMILES string of the molecule is Cc1cccn2c(CN(C)C)c(-c3ccc(C(C)C)cc3)nc12. The van der Waals surface area contributed by atoms with Crippen molar-refractivity contribution in [2.24, 2.45) is 0 Å². The molecule has 0 unspecified atom stereocenters. The number of pyridine rings is 1. The molecule has 120 valence electrons. The third kappa shape index (κ3) is 3.02. The Bertz CT molecular complexity index is 811. The molecule has 3 rings (SSSR count). The Morgan fingerprint density at radius 2 is 1.78 bits per heavy atom. The van der Waals surface area contributed by atoms with Crippen molar-refractivity contribution in [3.8, 4) is 11.3 Å². The summed E-state index contributed by atoms with van der Waals surface area (Å²) in [6.07, 6.45) is 2.11. The van der Waals surface area contributed by atoms with Gasteiger partial charge in [-0.2, -0.15) is 0 Å². The molecule has 0 amide bonds. The Morgan fingerprint density at radius 1 is 1.09 bits per heavy atom. The van der Waals surface area contributed by atoms with Crippen LogP contribution in [0, 0.1) is 6.92 Å². The van der Waals surface area contributed by atoms with Gasteiger partial charge in [-0.05, 0) is 44.1 Å². The van der Waals surface area contributed by atoms with Crippen molar-refractivity contribution in [2.45, 2.75) is 33.2 Å². The molecule has 3 aromatic rings. The minimum atomic E-state index is 0.550. The van der Waals surface area contributed by atoms with Crippen LogP contribution in [-0.2, 0) is 6.54 Å². The lowest BCUT2D eigenvalue weighted by molar-refractivity contribution is 0.396. The van der Waals surface area contributed by atoms with Gasteiger partial charge in [0, 0.05) is 18.3 Å². The number of hydrogen-bond donors (Lipinski definition) is 0. The summed E-state index contributed by atoms with van der Waals surface area (Å²) in [5, 5.41) is 0. The van der Waals surface area contributed by atoms with Gasteiger partial charge in [-0.1, -0.05) is 44.2 Å². The minimum Gasteiger partial charge on any atom is -0.304 e. The first-order chi connectivity index (χ1) is 11.0. The molecule has 0 aliphatic heterocycles. The van der Waals surface area contributed by atoms with Crippen LogP contribution in [0.25, 0.3) is 16.9 Å². The summed E-state index contributed by atoms with van der Waals surface area (Å²) in [5.74, 6) is 0.550. The predicted octanol–water partition coefficient (Wildman–Crippen LogP) is 4.49. The first-order valence-corrected chi connectivity index (χ1v) is 8.19. The van der Waals surface area contributed by atoms with Crippen LogP contribution in [0.1, 0.15) is 36.6 Å². The highest BCUT2D eigenvalue weighted by Crippen LogP contribution is 2.28. The van der Waals surface area contributed by atoms with Crippen LogP contribution in [0.3, 0.4) is 0 Å². The highest BCUT2D eigenvalue weighted by atomic mass is 15.1. The quantitative estimate of drug-likeness (QED) is 0.707. The maximum absolute atomic E-state index is 4.95. The van der Waals surface area contributed by atoms with Gasteiger partial charge in [0.15, 0.2) is 0 Å². The number of hydrogen-bond acceptors (Lipinski definition) is 2. The molecule has 3 nitrogen and oxygen atoms in total. The molecular weight excluding hydrogens is 282 g/mol. The van der Waals surface area contributed by atoms with Gasteiger partial charge in [0.05, 0.1) is 11.4 Å². The maximum atomic E-state index is 4.95. The molecule has 0 saturated carbocycles. The Balaban J connectivity index is 2.17. The standard InChI is InChI=1S/C20H25N3/c1-14(2)16-8-10-17(11-9-16)19-18(13-22(4)5)23-12-6-7-15(3)20(23)21-19/h6-12,14H,13H2,1-5H3. The smallest absolute Gasteiger partial charge is 0.140 e. The molecule has 0 saturated heterocycles. The van der Waals surface area contributed by atoms with E-state index in [9.17, 15) is 0 Å². The Kier molecular flexibility index (Phi) is 4.22. The van der Waals surface area contributed by atoms with Gasteiger partial charge in [-0.15, -0.1) is 0 Å². The van der Waals surface area contributed by atoms with Gasteiger partial charge in [-0.25, -0.2) is 4.98 Å². The van der Waals surface area contributed by atoms with E-state index in [4.69, 9.17) is 4.98 Å². The first-order valence-electron chi connectivity index (χ1n) is 8.19. The molecule has 1 aromatic carbocycles. The third-order valence-electron chi connectivity index (χ3n) is 4.26. The molecule has 3 heteroatoms. The lowest BCUT2D eigenvalue weighted by Gasteiger charge is -2.12. The summed E-state index contributed by atoms with van der Waals surface area (Å²) in [6, 6.07) is 13.0. The summed E-state index contributed by atoms with van der Waals surface area (Å²) in [7, 11) is 4.20. The fraction of sp³-hybridized carbons (Fsp3) is 0.350.